The van der Waals surface area contributed by atoms with Crippen LogP contribution in [0.4, 0.5) is 30.5 Å². The van der Waals surface area contributed by atoms with Gasteiger partial charge in [0.05, 0.1) is 60.9 Å². The van der Waals surface area contributed by atoms with Gasteiger partial charge >= 0.3 is 0 Å². The average molecular weight is 675 g/mol. The molecule has 3 aromatic heterocycles. The maximum atomic E-state index is 14.3. The average Bonchev–Trinajstić information content (AvgIpc) is 3.34. The molecule has 0 saturated carbocycles. The fourth-order valence-electron chi connectivity index (χ4n) is 5.58. The fourth-order valence-corrected chi connectivity index (χ4v) is 7.31. The summed E-state index contributed by atoms with van der Waals surface area (Å²) in [4.78, 5) is 29.7. The molecule has 16 heteroatoms. The van der Waals surface area contributed by atoms with Crippen LogP contribution >= 0.6 is 11.6 Å². The molecule has 1 aromatic carbocycles. The Morgan fingerprint density at radius 1 is 1.02 bits per heavy atom. The second kappa shape index (κ2) is 11.8. The van der Waals surface area contributed by atoms with Crippen molar-refractivity contribution in [2.75, 3.05) is 42.6 Å². The number of hydrogen-bond donors (Lipinski definition) is 1. The van der Waals surface area contributed by atoms with E-state index in [9.17, 15) is 26.4 Å². The van der Waals surface area contributed by atoms with E-state index < -0.39 is 38.5 Å². The predicted octanol–water partition coefficient (Wildman–Crippen LogP) is 4.49. The maximum absolute atomic E-state index is 14.3. The van der Waals surface area contributed by atoms with Crippen molar-refractivity contribution in [2.45, 2.75) is 35.7 Å². The highest BCUT2D eigenvalue weighted by atomic mass is 35.5. The minimum Gasteiger partial charge on any atom is -0.490 e. The lowest BCUT2D eigenvalue weighted by molar-refractivity contribution is 0.0950. The second-order valence-corrected chi connectivity index (χ2v) is 13.5. The number of carbonyl (C=O) groups is 1. The SMILES string of the molecule is O=C(NCc1cc2nc(N3CCOc4cc(N5C[C@@H](F)[C@H](F)C5)cnc43)ccc2cn1)c1cc(Cl)c2c(c1)S(=O)(=O)[C@@H](F)CCO2. The monoisotopic (exact) mass is 674 g/mol. The lowest BCUT2D eigenvalue weighted by atomic mass is 10.2. The molecule has 1 amide bonds. The van der Waals surface area contributed by atoms with Gasteiger partial charge in [0.2, 0.25) is 15.3 Å². The summed E-state index contributed by atoms with van der Waals surface area (Å²) in [5.74, 6) is 0.757. The molecule has 6 heterocycles. The molecule has 1 saturated heterocycles. The van der Waals surface area contributed by atoms with Gasteiger partial charge in [-0.25, -0.2) is 31.6 Å². The van der Waals surface area contributed by atoms with Gasteiger partial charge in [0.15, 0.2) is 29.7 Å². The topological polar surface area (TPSA) is 127 Å². The van der Waals surface area contributed by atoms with Crippen LogP contribution in [0.3, 0.4) is 0 Å². The van der Waals surface area contributed by atoms with Gasteiger partial charge < -0.3 is 24.6 Å². The van der Waals surface area contributed by atoms with E-state index in [1.165, 1.54) is 6.07 Å². The smallest absolute Gasteiger partial charge is 0.251 e. The number of anilines is 3. The predicted molar refractivity (Wildman–Crippen MR) is 163 cm³/mol. The molecular formula is C30H26ClF3N6O5S. The van der Waals surface area contributed by atoms with E-state index >= 15 is 0 Å². The number of halogens is 4. The van der Waals surface area contributed by atoms with Crippen molar-refractivity contribution in [1.29, 1.82) is 0 Å². The van der Waals surface area contributed by atoms with E-state index in [2.05, 4.69) is 15.3 Å². The molecule has 3 aliphatic rings. The van der Waals surface area contributed by atoms with E-state index in [1.54, 1.807) is 29.4 Å². The van der Waals surface area contributed by atoms with Gasteiger partial charge in [-0.05, 0) is 30.3 Å². The number of amides is 1. The van der Waals surface area contributed by atoms with Gasteiger partial charge in [-0.15, -0.1) is 0 Å². The first-order valence-electron chi connectivity index (χ1n) is 14.4. The quantitative estimate of drug-likeness (QED) is 0.324. The Kier molecular flexibility index (Phi) is 7.75. The highest BCUT2D eigenvalue weighted by molar-refractivity contribution is 7.92. The Morgan fingerprint density at radius 2 is 1.83 bits per heavy atom. The number of fused-ring (bicyclic) bond motifs is 3. The lowest BCUT2D eigenvalue weighted by Gasteiger charge is -2.30. The molecule has 0 bridgehead atoms. The zero-order valence-electron chi connectivity index (χ0n) is 24.0. The number of benzene rings is 1. The largest absolute Gasteiger partial charge is 0.490 e. The molecule has 11 nitrogen and oxygen atoms in total. The minimum absolute atomic E-state index is 0.0228. The Morgan fingerprint density at radius 3 is 2.63 bits per heavy atom. The number of carbonyl (C=O) groups excluding carboxylic acids is 1. The van der Waals surface area contributed by atoms with Crippen LogP contribution in [0.15, 0.2) is 53.7 Å². The zero-order valence-corrected chi connectivity index (χ0v) is 25.6. The number of ether oxygens (including phenoxy) is 2. The summed E-state index contributed by atoms with van der Waals surface area (Å²) in [6.45, 7) is 0.514. The third-order valence-electron chi connectivity index (χ3n) is 8.02. The first-order chi connectivity index (χ1) is 22.1. The molecule has 0 aliphatic carbocycles. The molecule has 3 atom stereocenters. The summed E-state index contributed by atoms with van der Waals surface area (Å²) < 4.78 is 78.3. The number of alkyl halides is 3. The Hall–Kier alpha value is -4.37. The van der Waals surface area contributed by atoms with E-state index in [0.29, 0.717) is 47.4 Å². The standard InChI is InChI=1S/C30H26ClF3N6O5S/c31-20-7-17(8-25-28(20)45-5-3-26(34)46(25,42)43)30(41)37-12-18-9-23-16(11-35-18)1-2-27(38-23)40-4-6-44-24-10-19(13-36-29(24)40)39-14-21(32)22(33)15-39/h1-2,7-11,13,21-22,26H,3-6,12,14-15H2,(H,37,41)/t21-,22-,26-/m1/s1. The molecular weight excluding hydrogens is 649 g/mol. The summed E-state index contributed by atoms with van der Waals surface area (Å²) in [7, 11) is -4.39. The summed E-state index contributed by atoms with van der Waals surface area (Å²) in [5, 5.41) is 3.32. The molecule has 0 unspecified atom stereocenters. The van der Waals surface area contributed by atoms with E-state index in [4.69, 9.17) is 26.1 Å². The third kappa shape index (κ3) is 5.51. The van der Waals surface area contributed by atoms with Gasteiger partial charge in [0, 0.05) is 29.6 Å². The molecule has 46 heavy (non-hydrogen) atoms. The van der Waals surface area contributed by atoms with E-state index in [1.807, 2.05) is 17.0 Å². The van der Waals surface area contributed by atoms with Crippen LogP contribution in [0, 0.1) is 0 Å². The molecule has 4 aromatic rings. The summed E-state index contributed by atoms with van der Waals surface area (Å²) in [6, 6.07) is 9.43. The number of pyridine rings is 3. The van der Waals surface area contributed by atoms with Crippen molar-refractivity contribution >= 4 is 55.6 Å². The molecule has 7 rings (SSSR count). The number of rotatable bonds is 5. The summed E-state index contributed by atoms with van der Waals surface area (Å²) >= 11 is 6.22. The van der Waals surface area contributed by atoms with Crippen molar-refractivity contribution in [3.63, 3.8) is 0 Å². The van der Waals surface area contributed by atoms with Crippen molar-refractivity contribution in [2.24, 2.45) is 0 Å². The van der Waals surface area contributed by atoms with Crippen LogP contribution < -0.4 is 24.6 Å². The van der Waals surface area contributed by atoms with Crippen molar-refractivity contribution in [3.8, 4) is 11.5 Å². The second-order valence-electron chi connectivity index (χ2n) is 11.1. The highest BCUT2D eigenvalue weighted by Gasteiger charge is 2.36. The van der Waals surface area contributed by atoms with Crippen LogP contribution in [0.1, 0.15) is 22.5 Å². The number of nitrogens with one attached hydrogen (secondary N) is 1. The number of nitrogens with zero attached hydrogens (tertiary/aromatic N) is 5. The lowest BCUT2D eigenvalue weighted by Crippen LogP contribution is -2.30. The highest BCUT2D eigenvalue weighted by Crippen LogP contribution is 2.39. The maximum Gasteiger partial charge on any atom is 0.251 e. The minimum atomic E-state index is -4.39. The van der Waals surface area contributed by atoms with Crippen LogP contribution in [0.5, 0.6) is 11.5 Å². The Balaban J connectivity index is 1.10. The van der Waals surface area contributed by atoms with Crippen LogP contribution in [0.2, 0.25) is 5.02 Å². The number of aromatic nitrogens is 3. The van der Waals surface area contributed by atoms with Gasteiger partial charge in [-0.2, -0.15) is 0 Å². The van der Waals surface area contributed by atoms with Crippen molar-refractivity contribution < 1.29 is 35.9 Å². The fraction of sp³-hybridized carbons (Fsp3) is 0.333. The van der Waals surface area contributed by atoms with Crippen molar-refractivity contribution in [3.05, 3.63) is 65.1 Å². The Bertz CT molecular complexity index is 1960. The summed E-state index contributed by atoms with van der Waals surface area (Å²) in [5.41, 5.74) is -0.618. The van der Waals surface area contributed by atoms with Crippen molar-refractivity contribution in [1.82, 2.24) is 20.3 Å². The van der Waals surface area contributed by atoms with Crippen LogP contribution in [-0.4, -0.2) is 80.0 Å². The van der Waals surface area contributed by atoms with E-state index in [0.717, 1.165) is 11.5 Å². The summed E-state index contributed by atoms with van der Waals surface area (Å²) in [6.07, 6.45) is -0.269. The first kappa shape index (κ1) is 30.3. The normalized spacial score (nSPS) is 22.0. The molecule has 240 valence electrons. The molecule has 1 N–H and O–H groups in total. The van der Waals surface area contributed by atoms with Gasteiger partial charge in [0.1, 0.15) is 17.3 Å². The number of hydrogen-bond acceptors (Lipinski definition) is 10. The van der Waals surface area contributed by atoms with Crippen LogP contribution in [-0.2, 0) is 16.4 Å². The first-order valence-corrected chi connectivity index (χ1v) is 16.3. The number of sulfone groups is 1. The third-order valence-corrected chi connectivity index (χ3v) is 10.1. The molecule has 0 spiro atoms. The van der Waals surface area contributed by atoms with Gasteiger partial charge in [-0.1, -0.05) is 11.6 Å². The van der Waals surface area contributed by atoms with E-state index in [-0.39, 0.29) is 49.0 Å². The van der Waals surface area contributed by atoms with Gasteiger partial charge in [-0.3, -0.25) is 9.78 Å². The molecule has 0 radical (unpaired) electrons. The van der Waals surface area contributed by atoms with Crippen LogP contribution in [0.25, 0.3) is 10.9 Å². The molecule has 3 aliphatic heterocycles. The molecule has 1 fully saturated rings. The Labute approximate surface area is 266 Å². The van der Waals surface area contributed by atoms with Gasteiger partial charge in [0.25, 0.3) is 5.91 Å². The zero-order chi connectivity index (χ0) is 32.2.